The fourth-order valence-electron chi connectivity index (χ4n) is 2.31. The van der Waals surface area contributed by atoms with Crippen LogP contribution in [0.5, 0.6) is 0 Å². The lowest BCUT2D eigenvalue weighted by Gasteiger charge is -2.07. The molecule has 114 valence electrons. The predicted molar refractivity (Wildman–Crippen MR) is 85.9 cm³/mol. The van der Waals surface area contributed by atoms with Gasteiger partial charge in [0.25, 0.3) is 0 Å². The number of sulfonamides is 1. The highest BCUT2D eigenvalue weighted by molar-refractivity contribution is 7.89. The van der Waals surface area contributed by atoms with E-state index >= 15 is 0 Å². The maximum absolute atomic E-state index is 12.3. The number of hydrogen-bond donors (Lipinski definition) is 1. The van der Waals surface area contributed by atoms with Crippen LogP contribution in [0.3, 0.4) is 0 Å². The zero-order valence-corrected chi connectivity index (χ0v) is 13.3. The van der Waals surface area contributed by atoms with Crippen molar-refractivity contribution in [2.45, 2.75) is 18.4 Å². The molecule has 0 atom stereocenters. The minimum atomic E-state index is -3.53. The topological polar surface area (TPSA) is 64.0 Å². The molecule has 5 nitrogen and oxygen atoms in total. The van der Waals surface area contributed by atoms with E-state index in [0.717, 1.165) is 16.6 Å². The Morgan fingerprint density at radius 2 is 1.77 bits per heavy atom. The number of imidazole rings is 1. The average molecular weight is 315 g/mol. The Morgan fingerprint density at radius 3 is 2.45 bits per heavy atom. The van der Waals surface area contributed by atoms with Crippen LogP contribution in [0.25, 0.3) is 11.0 Å². The molecule has 0 radical (unpaired) electrons. The van der Waals surface area contributed by atoms with Gasteiger partial charge in [-0.1, -0.05) is 29.8 Å². The van der Waals surface area contributed by atoms with Crippen molar-refractivity contribution in [1.29, 1.82) is 0 Å². The lowest BCUT2D eigenvalue weighted by atomic mass is 10.2. The van der Waals surface area contributed by atoms with Crippen molar-refractivity contribution in [2.75, 3.05) is 0 Å². The summed E-state index contributed by atoms with van der Waals surface area (Å²) in [6.45, 7) is 2.07. The number of para-hydroxylation sites is 2. The van der Waals surface area contributed by atoms with Crippen LogP contribution in [0.1, 0.15) is 11.4 Å². The molecule has 1 heterocycles. The van der Waals surface area contributed by atoms with E-state index in [9.17, 15) is 8.42 Å². The van der Waals surface area contributed by atoms with Gasteiger partial charge in [0.2, 0.25) is 10.0 Å². The standard InChI is InChI=1S/C16H17N3O2S/c1-12-7-9-13(10-8-12)22(20,21)17-11-16-18-14-5-3-4-6-15(14)19(16)2/h3-10,17H,11H2,1-2H3. The van der Waals surface area contributed by atoms with E-state index in [-0.39, 0.29) is 11.4 Å². The van der Waals surface area contributed by atoms with Gasteiger partial charge < -0.3 is 4.57 Å². The van der Waals surface area contributed by atoms with Crippen molar-refractivity contribution >= 4 is 21.1 Å². The van der Waals surface area contributed by atoms with Gasteiger partial charge in [0, 0.05) is 7.05 Å². The van der Waals surface area contributed by atoms with Gasteiger partial charge in [-0.15, -0.1) is 0 Å². The van der Waals surface area contributed by atoms with Crippen LogP contribution < -0.4 is 4.72 Å². The summed E-state index contributed by atoms with van der Waals surface area (Å²) in [6, 6.07) is 14.5. The molecule has 22 heavy (non-hydrogen) atoms. The van der Waals surface area contributed by atoms with Crippen molar-refractivity contribution in [3.63, 3.8) is 0 Å². The molecule has 0 saturated heterocycles. The largest absolute Gasteiger partial charge is 0.330 e. The lowest BCUT2D eigenvalue weighted by Crippen LogP contribution is -2.24. The summed E-state index contributed by atoms with van der Waals surface area (Å²) < 4.78 is 29.1. The van der Waals surface area contributed by atoms with Crippen molar-refractivity contribution < 1.29 is 8.42 Å². The van der Waals surface area contributed by atoms with E-state index < -0.39 is 10.0 Å². The number of fused-ring (bicyclic) bond motifs is 1. The van der Waals surface area contributed by atoms with E-state index in [4.69, 9.17) is 0 Å². The van der Waals surface area contributed by atoms with Crippen LogP contribution in [0.15, 0.2) is 53.4 Å². The van der Waals surface area contributed by atoms with E-state index in [2.05, 4.69) is 9.71 Å². The molecular formula is C16H17N3O2S. The second-order valence-electron chi connectivity index (χ2n) is 5.21. The molecule has 0 unspecified atom stereocenters. The van der Waals surface area contributed by atoms with Gasteiger partial charge >= 0.3 is 0 Å². The van der Waals surface area contributed by atoms with Crippen LogP contribution in [-0.4, -0.2) is 18.0 Å². The molecule has 0 aliphatic rings. The SMILES string of the molecule is Cc1ccc(S(=O)(=O)NCc2nc3ccccc3n2C)cc1. The minimum Gasteiger partial charge on any atom is -0.330 e. The molecule has 0 aliphatic carbocycles. The highest BCUT2D eigenvalue weighted by Crippen LogP contribution is 2.15. The van der Waals surface area contributed by atoms with Crippen molar-refractivity contribution in [3.05, 3.63) is 59.9 Å². The lowest BCUT2D eigenvalue weighted by molar-refractivity contribution is 0.578. The normalized spacial score (nSPS) is 11.9. The van der Waals surface area contributed by atoms with E-state index in [1.807, 2.05) is 42.8 Å². The first-order valence-electron chi connectivity index (χ1n) is 6.94. The van der Waals surface area contributed by atoms with Gasteiger partial charge in [0.05, 0.1) is 22.5 Å². The third-order valence-corrected chi connectivity index (χ3v) is 5.05. The van der Waals surface area contributed by atoms with Crippen LogP contribution in [0, 0.1) is 6.92 Å². The summed E-state index contributed by atoms with van der Waals surface area (Å²) in [6.07, 6.45) is 0. The summed E-state index contributed by atoms with van der Waals surface area (Å²) >= 11 is 0. The molecule has 2 aromatic carbocycles. The summed E-state index contributed by atoms with van der Waals surface area (Å²) in [7, 11) is -1.65. The summed E-state index contributed by atoms with van der Waals surface area (Å²) in [4.78, 5) is 4.72. The summed E-state index contributed by atoms with van der Waals surface area (Å²) in [5, 5.41) is 0. The van der Waals surface area contributed by atoms with Gasteiger partial charge in [-0.2, -0.15) is 0 Å². The molecule has 0 saturated carbocycles. The first-order valence-corrected chi connectivity index (χ1v) is 8.42. The third kappa shape index (κ3) is 2.75. The summed E-state index contributed by atoms with van der Waals surface area (Å²) in [5.41, 5.74) is 2.86. The van der Waals surface area contributed by atoms with Crippen molar-refractivity contribution in [1.82, 2.24) is 14.3 Å². The number of benzene rings is 2. The molecule has 3 aromatic rings. The van der Waals surface area contributed by atoms with Crippen LogP contribution in [0.2, 0.25) is 0 Å². The average Bonchev–Trinajstić information content (AvgIpc) is 2.83. The quantitative estimate of drug-likeness (QED) is 0.804. The van der Waals surface area contributed by atoms with Crippen molar-refractivity contribution in [2.24, 2.45) is 7.05 Å². The predicted octanol–water partition coefficient (Wildman–Crippen LogP) is 2.36. The Kier molecular flexibility index (Phi) is 3.72. The zero-order chi connectivity index (χ0) is 15.7. The Morgan fingerprint density at radius 1 is 1.09 bits per heavy atom. The summed E-state index contributed by atoms with van der Waals surface area (Å²) in [5.74, 6) is 0.678. The highest BCUT2D eigenvalue weighted by atomic mass is 32.2. The minimum absolute atomic E-state index is 0.154. The second kappa shape index (κ2) is 5.55. The van der Waals surface area contributed by atoms with Gasteiger partial charge in [0.15, 0.2) is 0 Å². The Labute approximate surface area is 129 Å². The molecule has 0 spiro atoms. The van der Waals surface area contributed by atoms with Crippen molar-refractivity contribution in [3.8, 4) is 0 Å². The molecule has 1 N–H and O–H groups in total. The highest BCUT2D eigenvalue weighted by Gasteiger charge is 2.15. The number of aromatic nitrogens is 2. The zero-order valence-electron chi connectivity index (χ0n) is 12.4. The molecule has 0 aliphatic heterocycles. The second-order valence-corrected chi connectivity index (χ2v) is 6.98. The number of hydrogen-bond acceptors (Lipinski definition) is 3. The van der Waals surface area contributed by atoms with E-state index in [1.54, 1.807) is 24.3 Å². The maximum Gasteiger partial charge on any atom is 0.240 e. The third-order valence-electron chi connectivity index (χ3n) is 3.63. The molecular weight excluding hydrogens is 298 g/mol. The number of nitrogens with one attached hydrogen (secondary N) is 1. The molecule has 3 rings (SSSR count). The van der Waals surface area contributed by atoms with Crippen LogP contribution >= 0.6 is 0 Å². The number of aryl methyl sites for hydroxylation is 2. The van der Waals surface area contributed by atoms with Gasteiger partial charge in [-0.3, -0.25) is 0 Å². The first-order chi connectivity index (χ1) is 10.5. The van der Waals surface area contributed by atoms with Crippen LogP contribution in [-0.2, 0) is 23.6 Å². The van der Waals surface area contributed by atoms with Gasteiger partial charge in [-0.05, 0) is 31.2 Å². The molecule has 6 heteroatoms. The number of rotatable bonds is 4. The monoisotopic (exact) mass is 315 g/mol. The fourth-order valence-corrected chi connectivity index (χ4v) is 3.29. The molecule has 0 amide bonds. The molecule has 1 aromatic heterocycles. The van der Waals surface area contributed by atoms with Crippen LogP contribution in [0.4, 0.5) is 0 Å². The smallest absolute Gasteiger partial charge is 0.240 e. The van der Waals surface area contributed by atoms with E-state index in [0.29, 0.717) is 5.82 Å². The maximum atomic E-state index is 12.3. The Bertz CT molecular complexity index is 912. The molecule has 0 fully saturated rings. The fraction of sp³-hybridized carbons (Fsp3) is 0.188. The van der Waals surface area contributed by atoms with Gasteiger partial charge in [0.1, 0.15) is 5.82 Å². The Hall–Kier alpha value is -2.18. The number of nitrogens with zero attached hydrogens (tertiary/aromatic N) is 2. The Balaban J connectivity index is 1.84. The molecule has 0 bridgehead atoms. The van der Waals surface area contributed by atoms with E-state index in [1.165, 1.54) is 0 Å². The van der Waals surface area contributed by atoms with Gasteiger partial charge in [-0.25, -0.2) is 18.1 Å². The first kappa shape index (κ1) is 14.7.